The van der Waals surface area contributed by atoms with Crippen LogP contribution in [0.1, 0.15) is 20.9 Å². The van der Waals surface area contributed by atoms with E-state index in [1.165, 1.54) is 30.4 Å². The van der Waals surface area contributed by atoms with Crippen molar-refractivity contribution in [2.75, 3.05) is 0 Å². The van der Waals surface area contributed by atoms with Crippen molar-refractivity contribution < 1.29 is 12.8 Å². The molecule has 0 fully saturated rings. The molecule has 114 valence electrons. The maximum absolute atomic E-state index is 13.8. The van der Waals surface area contributed by atoms with Crippen LogP contribution < -0.4 is 10.5 Å². The van der Waals surface area contributed by atoms with E-state index in [0.717, 1.165) is 9.75 Å². The molecule has 0 atom stereocenters. The van der Waals surface area contributed by atoms with Gasteiger partial charge in [-0.05, 0) is 43.7 Å². The first-order valence-electron chi connectivity index (χ1n) is 6.37. The lowest BCUT2D eigenvalue weighted by Crippen LogP contribution is -2.24. The third-order valence-corrected chi connectivity index (χ3v) is 5.64. The normalized spacial score (nSPS) is 11.8. The quantitative estimate of drug-likeness (QED) is 0.885. The maximum Gasteiger partial charge on any atom is 0.241 e. The average molecular weight is 328 g/mol. The first-order chi connectivity index (χ1) is 9.83. The van der Waals surface area contributed by atoms with Crippen molar-refractivity contribution in [1.29, 1.82) is 0 Å². The van der Waals surface area contributed by atoms with E-state index in [4.69, 9.17) is 5.73 Å². The molecule has 7 heteroatoms. The Bertz CT molecular complexity index is 754. The summed E-state index contributed by atoms with van der Waals surface area (Å²) in [6.45, 7) is 3.67. The number of halogens is 1. The topological polar surface area (TPSA) is 72.2 Å². The molecule has 2 aromatic rings. The van der Waals surface area contributed by atoms with Gasteiger partial charge in [0, 0.05) is 28.4 Å². The fraction of sp³-hybridized carbons (Fsp3) is 0.286. The zero-order chi connectivity index (χ0) is 15.6. The molecule has 0 aliphatic carbocycles. The molecule has 0 bridgehead atoms. The van der Waals surface area contributed by atoms with Gasteiger partial charge in [0.15, 0.2) is 0 Å². The smallest absolute Gasteiger partial charge is 0.241 e. The van der Waals surface area contributed by atoms with Crippen LogP contribution in [0.25, 0.3) is 0 Å². The monoisotopic (exact) mass is 328 g/mol. The summed E-state index contributed by atoms with van der Waals surface area (Å²) in [4.78, 5) is 1.96. The van der Waals surface area contributed by atoms with Gasteiger partial charge in [0.05, 0.1) is 4.90 Å². The van der Waals surface area contributed by atoms with Gasteiger partial charge in [-0.15, -0.1) is 11.3 Å². The van der Waals surface area contributed by atoms with Crippen molar-refractivity contribution in [1.82, 2.24) is 4.72 Å². The molecule has 1 aromatic heterocycles. The highest BCUT2D eigenvalue weighted by molar-refractivity contribution is 7.89. The highest BCUT2D eigenvalue weighted by atomic mass is 32.2. The van der Waals surface area contributed by atoms with Crippen LogP contribution in [0.3, 0.4) is 0 Å². The number of benzene rings is 1. The highest BCUT2D eigenvalue weighted by Gasteiger charge is 2.20. The zero-order valence-corrected chi connectivity index (χ0v) is 13.4. The maximum atomic E-state index is 13.8. The van der Waals surface area contributed by atoms with Gasteiger partial charge >= 0.3 is 0 Å². The second kappa shape index (κ2) is 6.23. The molecule has 0 amide bonds. The Hall–Kier alpha value is -1.28. The summed E-state index contributed by atoms with van der Waals surface area (Å²) < 4.78 is 41.0. The lowest BCUT2D eigenvalue weighted by molar-refractivity contribution is 0.574. The Morgan fingerprint density at radius 2 is 2.00 bits per heavy atom. The predicted molar refractivity (Wildman–Crippen MR) is 82.1 cm³/mol. The summed E-state index contributed by atoms with van der Waals surface area (Å²) in [7, 11) is -3.77. The summed E-state index contributed by atoms with van der Waals surface area (Å²) in [6, 6.07) is 6.47. The summed E-state index contributed by atoms with van der Waals surface area (Å²) in [6.07, 6.45) is 0. The molecule has 0 unspecified atom stereocenters. The van der Waals surface area contributed by atoms with E-state index in [2.05, 4.69) is 4.72 Å². The molecule has 0 radical (unpaired) electrons. The van der Waals surface area contributed by atoms with Crippen LogP contribution in [0.15, 0.2) is 29.2 Å². The van der Waals surface area contributed by atoms with Crippen molar-refractivity contribution in [2.45, 2.75) is 31.8 Å². The largest absolute Gasteiger partial charge is 0.326 e. The van der Waals surface area contributed by atoms with Gasteiger partial charge in [0.2, 0.25) is 10.0 Å². The number of hydrogen-bond donors (Lipinski definition) is 2. The fourth-order valence-electron chi connectivity index (χ4n) is 1.93. The van der Waals surface area contributed by atoms with Gasteiger partial charge in [0.25, 0.3) is 0 Å². The van der Waals surface area contributed by atoms with Crippen molar-refractivity contribution in [3.05, 3.63) is 51.0 Å². The molecule has 0 saturated carbocycles. The number of rotatable bonds is 5. The van der Waals surface area contributed by atoms with Crippen molar-refractivity contribution in [3.8, 4) is 0 Å². The lowest BCUT2D eigenvalue weighted by Gasteiger charge is -2.11. The Morgan fingerprint density at radius 1 is 1.29 bits per heavy atom. The number of aryl methyl sites for hydroxylation is 1. The van der Waals surface area contributed by atoms with Crippen molar-refractivity contribution >= 4 is 21.4 Å². The van der Waals surface area contributed by atoms with E-state index in [1.54, 1.807) is 0 Å². The number of sulfonamides is 1. The van der Waals surface area contributed by atoms with Crippen LogP contribution in [0.5, 0.6) is 0 Å². The summed E-state index contributed by atoms with van der Waals surface area (Å²) in [5.74, 6) is -0.565. The number of nitrogens with one attached hydrogen (secondary N) is 1. The fourth-order valence-corrected chi connectivity index (χ4v) is 4.16. The number of hydrogen-bond acceptors (Lipinski definition) is 4. The molecule has 2 rings (SSSR count). The lowest BCUT2D eigenvalue weighted by atomic mass is 10.1. The Balaban J connectivity index is 2.29. The van der Waals surface area contributed by atoms with Gasteiger partial charge in [-0.1, -0.05) is 0 Å². The molecular formula is C14H17FN2O2S2. The van der Waals surface area contributed by atoms with E-state index >= 15 is 0 Å². The highest BCUT2D eigenvalue weighted by Crippen LogP contribution is 2.21. The molecule has 1 aromatic carbocycles. The Morgan fingerprint density at radius 3 is 2.57 bits per heavy atom. The van der Waals surface area contributed by atoms with Crippen molar-refractivity contribution in [3.63, 3.8) is 0 Å². The molecule has 0 saturated heterocycles. The molecule has 0 aliphatic heterocycles. The van der Waals surface area contributed by atoms with Crippen LogP contribution in [0.2, 0.25) is 0 Å². The standard InChI is InChI=1S/C14H17FN2O2S2/c1-9-3-4-12(20-9)8-17-21(18,19)14-6-11(7-16)5-13(15)10(14)2/h3-6,17H,7-8,16H2,1-2H3. The van der Waals surface area contributed by atoms with Gasteiger partial charge in [-0.25, -0.2) is 17.5 Å². The molecule has 21 heavy (non-hydrogen) atoms. The van der Waals surface area contributed by atoms with Crippen LogP contribution in [0.4, 0.5) is 4.39 Å². The van der Waals surface area contributed by atoms with Crippen molar-refractivity contribution in [2.24, 2.45) is 5.73 Å². The SMILES string of the molecule is Cc1ccc(CNS(=O)(=O)c2cc(CN)cc(F)c2C)s1. The van der Waals surface area contributed by atoms with E-state index in [-0.39, 0.29) is 23.5 Å². The molecule has 1 heterocycles. The first kappa shape index (κ1) is 16.1. The molecule has 0 spiro atoms. The van der Waals surface area contributed by atoms with E-state index in [0.29, 0.717) is 5.56 Å². The Labute approximate surface area is 127 Å². The zero-order valence-electron chi connectivity index (χ0n) is 11.8. The van der Waals surface area contributed by atoms with E-state index in [1.807, 2.05) is 19.1 Å². The first-order valence-corrected chi connectivity index (χ1v) is 8.67. The Kier molecular flexibility index (Phi) is 4.77. The minimum absolute atomic E-state index is 0.0590. The third kappa shape index (κ3) is 3.68. The van der Waals surface area contributed by atoms with Gasteiger partial charge in [-0.2, -0.15) is 0 Å². The molecule has 3 N–H and O–H groups in total. The van der Waals surface area contributed by atoms with Gasteiger partial charge in [-0.3, -0.25) is 0 Å². The van der Waals surface area contributed by atoms with Crippen LogP contribution in [0, 0.1) is 19.7 Å². The number of thiophene rings is 1. The van der Waals surface area contributed by atoms with Crippen LogP contribution in [-0.2, 0) is 23.1 Å². The summed E-state index contributed by atoms with van der Waals surface area (Å²) in [5, 5.41) is 0. The molecule has 0 aliphatic rings. The number of nitrogens with two attached hydrogens (primary N) is 1. The van der Waals surface area contributed by atoms with Crippen LogP contribution in [-0.4, -0.2) is 8.42 Å². The third-order valence-electron chi connectivity index (χ3n) is 3.11. The minimum Gasteiger partial charge on any atom is -0.326 e. The average Bonchev–Trinajstić information content (AvgIpc) is 2.85. The summed E-state index contributed by atoms with van der Waals surface area (Å²) in [5.41, 5.74) is 6.02. The van der Waals surface area contributed by atoms with E-state index < -0.39 is 15.8 Å². The van der Waals surface area contributed by atoms with Crippen LogP contribution >= 0.6 is 11.3 Å². The molecular weight excluding hydrogens is 311 g/mol. The predicted octanol–water partition coefficient (Wildman–Crippen LogP) is 2.44. The second-order valence-corrected chi connectivity index (χ2v) is 7.85. The molecule has 4 nitrogen and oxygen atoms in total. The second-order valence-electron chi connectivity index (χ2n) is 4.74. The van der Waals surface area contributed by atoms with E-state index in [9.17, 15) is 12.8 Å². The van der Waals surface area contributed by atoms with Gasteiger partial charge in [0.1, 0.15) is 5.82 Å². The minimum atomic E-state index is -3.77. The van der Waals surface area contributed by atoms with Gasteiger partial charge < -0.3 is 5.73 Å². The summed E-state index contributed by atoms with van der Waals surface area (Å²) >= 11 is 1.52.